The molecule has 2 unspecified atom stereocenters. The molecule has 74 valence electrons. The van der Waals surface area contributed by atoms with Crippen molar-refractivity contribution in [1.29, 1.82) is 10.5 Å². The molecular formula is C11H15N3. The Morgan fingerprint density at radius 3 is 2.29 bits per heavy atom. The van der Waals surface area contributed by atoms with Crippen LogP contribution in [-0.2, 0) is 0 Å². The van der Waals surface area contributed by atoms with Crippen LogP contribution in [0.1, 0.15) is 32.1 Å². The van der Waals surface area contributed by atoms with E-state index < -0.39 is 5.54 Å². The zero-order valence-electron chi connectivity index (χ0n) is 8.37. The molecule has 2 aliphatic rings. The first-order valence-corrected chi connectivity index (χ1v) is 5.39. The fraction of sp³-hybridized carbons (Fsp3) is 0.818. The summed E-state index contributed by atoms with van der Waals surface area (Å²) in [5.74, 6) is -0.0504. The topological polar surface area (TPSA) is 50.8 Å². The second kappa shape index (κ2) is 3.59. The molecule has 2 fully saturated rings. The van der Waals surface area contributed by atoms with E-state index in [2.05, 4.69) is 17.0 Å². The van der Waals surface area contributed by atoms with Crippen molar-refractivity contribution in [3.8, 4) is 12.1 Å². The van der Waals surface area contributed by atoms with Crippen molar-refractivity contribution in [1.82, 2.24) is 4.90 Å². The Bertz CT molecular complexity index is 293. The summed E-state index contributed by atoms with van der Waals surface area (Å²) >= 11 is 0. The van der Waals surface area contributed by atoms with Crippen molar-refractivity contribution in [3.63, 3.8) is 0 Å². The van der Waals surface area contributed by atoms with E-state index in [0.29, 0.717) is 0 Å². The first-order chi connectivity index (χ1) is 6.83. The van der Waals surface area contributed by atoms with Crippen LogP contribution in [0.4, 0.5) is 0 Å². The molecule has 0 spiro atoms. The Morgan fingerprint density at radius 2 is 1.86 bits per heavy atom. The van der Waals surface area contributed by atoms with Gasteiger partial charge >= 0.3 is 0 Å². The number of nitrogens with zero attached hydrogens (tertiary/aromatic N) is 3. The van der Waals surface area contributed by atoms with Crippen LogP contribution in [-0.4, -0.2) is 23.5 Å². The number of rotatable bonds is 1. The average Bonchev–Trinajstić information content (AvgIpc) is 2.20. The lowest BCUT2D eigenvalue weighted by molar-refractivity contribution is 0.0140. The zero-order valence-corrected chi connectivity index (χ0v) is 8.37. The molecule has 1 heterocycles. The third-order valence-corrected chi connectivity index (χ3v) is 3.66. The molecule has 0 bridgehead atoms. The third-order valence-electron chi connectivity index (χ3n) is 3.66. The molecule has 2 atom stereocenters. The first-order valence-electron chi connectivity index (χ1n) is 5.39. The maximum absolute atomic E-state index is 9.25. The molecule has 1 aliphatic heterocycles. The molecular weight excluding hydrogens is 174 g/mol. The van der Waals surface area contributed by atoms with E-state index >= 15 is 0 Å². The number of nitriles is 2. The second-order valence-corrected chi connectivity index (χ2v) is 4.30. The van der Waals surface area contributed by atoms with Gasteiger partial charge in [0.2, 0.25) is 0 Å². The van der Waals surface area contributed by atoms with Crippen LogP contribution in [0.15, 0.2) is 0 Å². The second-order valence-electron chi connectivity index (χ2n) is 4.30. The van der Waals surface area contributed by atoms with Gasteiger partial charge in [0.1, 0.15) is 5.54 Å². The first kappa shape index (κ1) is 9.49. The predicted molar refractivity (Wildman–Crippen MR) is 52.1 cm³/mol. The third kappa shape index (κ3) is 1.21. The Balaban J connectivity index is 2.13. The van der Waals surface area contributed by atoms with Crippen molar-refractivity contribution in [2.75, 3.05) is 13.1 Å². The highest BCUT2D eigenvalue weighted by atomic mass is 15.2. The normalized spacial score (nSPS) is 38.0. The summed E-state index contributed by atoms with van der Waals surface area (Å²) in [7, 11) is 0. The van der Waals surface area contributed by atoms with Gasteiger partial charge in [0.05, 0.1) is 18.1 Å². The SMILES string of the molecule is N#CC1CCC1(C#N)N1CCCCC1. The Hall–Kier alpha value is -1.06. The van der Waals surface area contributed by atoms with Crippen LogP contribution in [0.3, 0.4) is 0 Å². The molecule has 1 saturated heterocycles. The maximum Gasteiger partial charge on any atom is 0.125 e. The lowest BCUT2D eigenvalue weighted by atomic mass is 9.66. The zero-order chi connectivity index (χ0) is 10.0. The van der Waals surface area contributed by atoms with Crippen molar-refractivity contribution in [2.24, 2.45) is 5.92 Å². The summed E-state index contributed by atoms with van der Waals surface area (Å²) in [6, 6.07) is 4.67. The molecule has 0 aromatic carbocycles. The molecule has 2 rings (SSSR count). The number of hydrogen-bond acceptors (Lipinski definition) is 3. The van der Waals surface area contributed by atoms with Gasteiger partial charge in [-0.15, -0.1) is 0 Å². The van der Waals surface area contributed by atoms with Crippen molar-refractivity contribution in [2.45, 2.75) is 37.6 Å². The largest absolute Gasteiger partial charge is 0.284 e. The van der Waals surface area contributed by atoms with E-state index in [4.69, 9.17) is 5.26 Å². The minimum Gasteiger partial charge on any atom is -0.284 e. The fourth-order valence-corrected chi connectivity index (χ4v) is 2.61. The van der Waals surface area contributed by atoms with E-state index in [1.807, 2.05) is 0 Å². The highest BCUT2D eigenvalue weighted by molar-refractivity contribution is 5.23. The average molecular weight is 189 g/mol. The summed E-state index contributed by atoms with van der Waals surface area (Å²) < 4.78 is 0. The van der Waals surface area contributed by atoms with Crippen LogP contribution < -0.4 is 0 Å². The summed E-state index contributed by atoms with van der Waals surface area (Å²) in [4.78, 5) is 2.24. The van der Waals surface area contributed by atoms with Gasteiger partial charge in [0, 0.05) is 0 Å². The summed E-state index contributed by atoms with van der Waals surface area (Å²) in [6.07, 6.45) is 5.43. The van der Waals surface area contributed by atoms with Crippen molar-refractivity contribution in [3.05, 3.63) is 0 Å². The van der Waals surface area contributed by atoms with Gasteiger partial charge in [-0.25, -0.2) is 0 Å². The Kier molecular flexibility index (Phi) is 2.44. The molecule has 0 aromatic heterocycles. The highest BCUT2D eigenvalue weighted by Gasteiger charge is 2.52. The van der Waals surface area contributed by atoms with Crippen LogP contribution in [0.25, 0.3) is 0 Å². The summed E-state index contributed by atoms with van der Waals surface area (Å²) in [6.45, 7) is 2.01. The Labute approximate surface area is 84.9 Å². The van der Waals surface area contributed by atoms with E-state index in [1.54, 1.807) is 0 Å². The molecule has 3 nitrogen and oxygen atoms in total. The van der Waals surface area contributed by atoms with Crippen molar-refractivity contribution >= 4 is 0 Å². The monoisotopic (exact) mass is 189 g/mol. The van der Waals surface area contributed by atoms with Gasteiger partial charge in [-0.3, -0.25) is 4.90 Å². The van der Waals surface area contributed by atoms with E-state index in [1.165, 1.54) is 19.3 Å². The van der Waals surface area contributed by atoms with Crippen LogP contribution in [0.2, 0.25) is 0 Å². The predicted octanol–water partition coefficient (Wildman–Crippen LogP) is 1.67. The maximum atomic E-state index is 9.25. The smallest absolute Gasteiger partial charge is 0.125 e. The van der Waals surface area contributed by atoms with Crippen molar-refractivity contribution < 1.29 is 0 Å². The molecule has 0 amide bonds. The number of piperidine rings is 1. The minimum atomic E-state index is -0.421. The molecule has 0 N–H and O–H groups in total. The molecule has 1 aliphatic carbocycles. The molecule has 0 aromatic rings. The van der Waals surface area contributed by atoms with Gasteiger partial charge in [0.15, 0.2) is 0 Å². The van der Waals surface area contributed by atoms with E-state index in [0.717, 1.165) is 25.9 Å². The van der Waals surface area contributed by atoms with Gasteiger partial charge in [-0.05, 0) is 38.8 Å². The molecule has 3 heteroatoms. The lowest BCUT2D eigenvalue weighted by Crippen LogP contribution is -2.60. The van der Waals surface area contributed by atoms with Gasteiger partial charge < -0.3 is 0 Å². The Morgan fingerprint density at radius 1 is 1.14 bits per heavy atom. The van der Waals surface area contributed by atoms with Crippen LogP contribution in [0, 0.1) is 28.6 Å². The lowest BCUT2D eigenvalue weighted by Gasteiger charge is -2.49. The van der Waals surface area contributed by atoms with Gasteiger partial charge in [-0.1, -0.05) is 6.42 Å². The van der Waals surface area contributed by atoms with E-state index in [9.17, 15) is 5.26 Å². The van der Waals surface area contributed by atoms with Crippen LogP contribution in [0.5, 0.6) is 0 Å². The quantitative estimate of drug-likeness (QED) is 0.630. The van der Waals surface area contributed by atoms with Crippen LogP contribution >= 0.6 is 0 Å². The molecule has 14 heavy (non-hydrogen) atoms. The minimum absolute atomic E-state index is 0.0504. The fourth-order valence-electron chi connectivity index (χ4n) is 2.61. The number of hydrogen-bond donors (Lipinski definition) is 0. The van der Waals surface area contributed by atoms with Gasteiger partial charge in [-0.2, -0.15) is 10.5 Å². The molecule has 1 saturated carbocycles. The molecule has 0 radical (unpaired) electrons. The summed E-state index contributed by atoms with van der Waals surface area (Å²) in [5.41, 5.74) is -0.421. The highest BCUT2D eigenvalue weighted by Crippen LogP contribution is 2.43. The standard InChI is InChI=1S/C11H15N3/c12-8-10-4-5-11(10,9-13)14-6-2-1-3-7-14/h10H,1-7H2. The van der Waals surface area contributed by atoms with Gasteiger partial charge in [0.25, 0.3) is 0 Å². The summed E-state index contributed by atoms with van der Waals surface area (Å²) in [5, 5.41) is 18.2. The number of likely N-dealkylation sites (tertiary alicyclic amines) is 1. The van der Waals surface area contributed by atoms with E-state index in [-0.39, 0.29) is 5.92 Å².